The average molecular weight is 892 g/mol. The maximum absolute atomic E-state index is 12.9. The Labute approximate surface area is 337 Å². The van der Waals surface area contributed by atoms with Gasteiger partial charge in [-0.1, -0.05) is 23.2 Å². The lowest BCUT2D eigenvalue weighted by atomic mass is 9.95. The third-order valence-electron chi connectivity index (χ3n) is 11.8. The number of benzene rings is 2. The van der Waals surface area contributed by atoms with Crippen molar-refractivity contribution in [2.75, 3.05) is 14.1 Å². The predicted octanol–water partition coefficient (Wildman–Crippen LogP) is 0.699. The fourth-order valence-electron chi connectivity index (χ4n) is 9.34. The molecule has 0 radical (unpaired) electrons. The van der Waals surface area contributed by atoms with Crippen LogP contribution in [0.1, 0.15) is 89.2 Å². The Morgan fingerprint density at radius 2 is 0.942 bits per heavy atom. The van der Waals surface area contributed by atoms with Crippen molar-refractivity contribution in [3.8, 4) is 11.5 Å². The molecule has 0 aliphatic carbocycles. The van der Waals surface area contributed by atoms with E-state index in [4.69, 9.17) is 42.1 Å². The minimum Gasteiger partial charge on any atom is -1.00 e. The molecule has 10 nitrogen and oxygen atoms in total. The van der Waals surface area contributed by atoms with Crippen molar-refractivity contribution >= 4 is 47.1 Å². The largest absolute Gasteiger partial charge is 1.00 e. The summed E-state index contributed by atoms with van der Waals surface area (Å²) in [6.07, 6.45) is 7.12. The molecule has 4 aliphatic heterocycles. The summed E-state index contributed by atoms with van der Waals surface area (Å²) >= 11 is 12.8. The van der Waals surface area contributed by atoms with Crippen LogP contribution in [0.5, 0.6) is 11.5 Å². The fourth-order valence-corrected chi connectivity index (χ4v) is 9.82. The molecule has 4 saturated heterocycles. The number of nitrogens with zero attached hydrogens (tertiary/aromatic N) is 2. The lowest BCUT2D eigenvalue weighted by Crippen LogP contribution is -3.00. The van der Waals surface area contributed by atoms with E-state index in [0.717, 1.165) is 84.5 Å². The minimum atomic E-state index is -0.407. The molecule has 0 amide bonds. The minimum absolute atomic E-state index is 0. The van der Waals surface area contributed by atoms with Gasteiger partial charge < -0.3 is 61.9 Å². The number of rotatable bonds is 11. The molecule has 2 aromatic carbocycles. The number of hydrogen-bond donors (Lipinski definition) is 0. The zero-order valence-corrected chi connectivity index (χ0v) is 34.8. The lowest BCUT2D eigenvalue weighted by molar-refractivity contribution is -0.961. The number of esters is 4. The summed E-state index contributed by atoms with van der Waals surface area (Å²) in [5, 5.41) is 0.832. The maximum Gasteiger partial charge on any atom is 0.308 e. The van der Waals surface area contributed by atoms with Gasteiger partial charge >= 0.3 is 23.9 Å². The van der Waals surface area contributed by atoms with E-state index in [1.165, 1.54) is 13.8 Å². The van der Waals surface area contributed by atoms with Crippen molar-refractivity contribution in [2.24, 2.45) is 0 Å². The zero-order valence-electron chi connectivity index (χ0n) is 30.1. The van der Waals surface area contributed by atoms with Gasteiger partial charge in [-0.3, -0.25) is 19.2 Å². The molecule has 4 heterocycles. The van der Waals surface area contributed by atoms with E-state index in [0.29, 0.717) is 45.7 Å². The monoisotopic (exact) mass is 888 g/mol. The van der Waals surface area contributed by atoms with Gasteiger partial charge in [-0.2, -0.15) is 0 Å². The highest BCUT2D eigenvalue weighted by Gasteiger charge is 2.53. The number of quaternary nitrogens is 2. The second kappa shape index (κ2) is 17.5. The molecule has 4 fully saturated rings. The van der Waals surface area contributed by atoms with Crippen LogP contribution < -0.4 is 43.4 Å². The summed E-state index contributed by atoms with van der Waals surface area (Å²) in [5.41, 5.74) is 2.15. The molecule has 4 unspecified atom stereocenters. The number of piperidine rings is 2. The van der Waals surface area contributed by atoms with Crippen molar-refractivity contribution in [1.82, 2.24) is 0 Å². The van der Waals surface area contributed by atoms with Crippen molar-refractivity contribution < 1.29 is 81.1 Å². The molecule has 4 bridgehead atoms. The van der Waals surface area contributed by atoms with E-state index in [1.54, 1.807) is 12.1 Å². The van der Waals surface area contributed by atoms with Gasteiger partial charge in [-0.15, -0.1) is 0 Å². The number of carbonyl (C=O) groups is 4. The SMILES string of the molecule is CC(=O)Oc1ccc(C[N+]2(C)C3CCC2CC(OC(=O)CCC(=O)OC2CC4CCC(C2)[N+]4(C)Cc2ccc(OC(C)=O)c(Cl)c2)C3)cc1Cl.[Br-].[Br-]. The normalized spacial score (nSPS) is 30.0. The molecule has 0 aromatic heterocycles. The second-order valence-corrected chi connectivity index (χ2v) is 16.0. The number of fused-ring (bicyclic) bond motifs is 4. The van der Waals surface area contributed by atoms with Crippen molar-refractivity contribution in [3.63, 3.8) is 0 Å². The first-order valence-corrected chi connectivity index (χ1v) is 18.5. The van der Waals surface area contributed by atoms with Gasteiger partial charge in [0.05, 0.1) is 61.1 Å². The summed E-state index contributed by atoms with van der Waals surface area (Å²) in [6, 6.07) is 12.6. The van der Waals surface area contributed by atoms with Gasteiger partial charge in [-0.05, 0) is 36.4 Å². The number of hydrogen-bond acceptors (Lipinski definition) is 8. The molecular formula is C38H48Br2Cl2N2O8. The summed E-state index contributed by atoms with van der Waals surface area (Å²) in [7, 11) is 4.53. The Balaban J connectivity index is 0.00000302. The lowest BCUT2D eigenvalue weighted by Gasteiger charge is -2.47. The van der Waals surface area contributed by atoms with E-state index < -0.39 is 11.9 Å². The summed E-state index contributed by atoms with van der Waals surface area (Å²) in [4.78, 5) is 48.5. The Morgan fingerprint density at radius 3 is 1.23 bits per heavy atom. The molecule has 4 aliphatic rings. The first-order chi connectivity index (χ1) is 23.7. The van der Waals surface area contributed by atoms with E-state index >= 15 is 0 Å². The van der Waals surface area contributed by atoms with Crippen LogP contribution in [0.2, 0.25) is 10.0 Å². The Hall–Kier alpha value is -2.22. The van der Waals surface area contributed by atoms with Crippen LogP contribution in [0.4, 0.5) is 0 Å². The molecule has 0 saturated carbocycles. The third-order valence-corrected chi connectivity index (χ3v) is 12.4. The molecule has 286 valence electrons. The Morgan fingerprint density at radius 1 is 0.615 bits per heavy atom. The van der Waals surface area contributed by atoms with Crippen LogP contribution in [0.3, 0.4) is 0 Å². The summed E-state index contributed by atoms with van der Waals surface area (Å²) in [5.74, 6) is -0.784. The molecular weight excluding hydrogens is 843 g/mol. The van der Waals surface area contributed by atoms with Crippen LogP contribution in [0, 0.1) is 0 Å². The molecule has 4 atom stereocenters. The third kappa shape index (κ3) is 9.52. The highest BCUT2D eigenvalue weighted by molar-refractivity contribution is 6.32. The summed E-state index contributed by atoms with van der Waals surface area (Å²) in [6.45, 7) is 4.29. The number of halogens is 4. The highest BCUT2D eigenvalue weighted by atomic mass is 79.9. The molecule has 6 rings (SSSR count). The van der Waals surface area contributed by atoms with Gasteiger partial charge in [0.1, 0.15) is 36.8 Å². The van der Waals surface area contributed by atoms with Crippen molar-refractivity contribution in [3.05, 3.63) is 57.6 Å². The van der Waals surface area contributed by atoms with Crippen LogP contribution in [0.25, 0.3) is 0 Å². The van der Waals surface area contributed by atoms with Crippen LogP contribution >= 0.6 is 23.2 Å². The molecule has 14 heteroatoms. The second-order valence-electron chi connectivity index (χ2n) is 15.2. The number of ether oxygens (including phenoxy) is 4. The van der Waals surface area contributed by atoms with E-state index in [2.05, 4.69) is 14.1 Å². The Kier molecular flexibility index (Phi) is 14.3. The van der Waals surface area contributed by atoms with Crippen LogP contribution in [-0.2, 0) is 41.7 Å². The average Bonchev–Trinajstić information content (AvgIpc) is 3.27. The molecule has 0 spiro atoms. The smallest absolute Gasteiger partial charge is 0.308 e. The summed E-state index contributed by atoms with van der Waals surface area (Å²) < 4.78 is 23.9. The van der Waals surface area contributed by atoms with Gasteiger partial charge in [0, 0.05) is 76.3 Å². The first kappa shape index (κ1) is 42.5. The predicted molar refractivity (Wildman–Crippen MR) is 186 cm³/mol. The number of carbonyl (C=O) groups excluding carboxylic acids is 4. The van der Waals surface area contributed by atoms with Crippen LogP contribution in [0.15, 0.2) is 36.4 Å². The van der Waals surface area contributed by atoms with Crippen molar-refractivity contribution in [2.45, 2.75) is 128 Å². The Bertz CT molecular complexity index is 1510. The standard InChI is InChI=1S/C38H48Cl2N2O8.2BrH/c1-23(43)47-35-11-5-25(15-33(35)39)21-41(3)27-7-8-28(41)18-31(17-27)49-37(45)13-14-38(46)50-32-19-29-9-10-30(20-32)42(29,4)22-26-6-12-36(34(40)16-26)48-24(2)44;;/h5-6,11-12,15-16,27-32H,7-10,13-14,17-22H2,1-4H3;2*1H/q+2;;/p-2. The molecule has 2 aromatic rings. The van der Waals surface area contributed by atoms with Gasteiger partial charge in [0.25, 0.3) is 0 Å². The van der Waals surface area contributed by atoms with Gasteiger partial charge in [0.2, 0.25) is 0 Å². The van der Waals surface area contributed by atoms with Crippen LogP contribution in [-0.4, -0.2) is 83.3 Å². The zero-order chi connectivity index (χ0) is 35.8. The highest BCUT2D eigenvalue weighted by Crippen LogP contribution is 2.45. The van der Waals surface area contributed by atoms with Gasteiger partial charge in [-0.25, -0.2) is 0 Å². The van der Waals surface area contributed by atoms with Gasteiger partial charge in [0.15, 0.2) is 0 Å². The molecule has 0 N–H and O–H groups in total. The fraction of sp³-hybridized carbons (Fsp3) is 0.579. The quantitative estimate of drug-likeness (QED) is 0.185. The first-order valence-electron chi connectivity index (χ1n) is 17.7. The van der Waals surface area contributed by atoms with Crippen molar-refractivity contribution in [1.29, 1.82) is 0 Å². The maximum atomic E-state index is 12.9. The van der Waals surface area contributed by atoms with E-state index in [-0.39, 0.29) is 71.0 Å². The van der Waals surface area contributed by atoms with E-state index in [1.807, 2.05) is 24.3 Å². The topological polar surface area (TPSA) is 105 Å². The molecule has 52 heavy (non-hydrogen) atoms. The van der Waals surface area contributed by atoms with E-state index in [9.17, 15) is 19.2 Å².